The normalized spacial score (nSPS) is 17.6. The van der Waals surface area contributed by atoms with Crippen LogP contribution in [0.15, 0.2) is 35.6 Å². The average Bonchev–Trinajstić information content (AvgIpc) is 2.83. The number of para-hydroxylation sites is 1. The molecule has 0 saturated heterocycles. The Balaban J connectivity index is 2.53. The first-order valence-corrected chi connectivity index (χ1v) is 8.82. The van der Waals surface area contributed by atoms with Gasteiger partial charge in [0.2, 0.25) is 0 Å². The summed E-state index contributed by atoms with van der Waals surface area (Å²) in [5.74, 6) is -0.331. The van der Waals surface area contributed by atoms with Crippen molar-refractivity contribution >= 4 is 11.7 Å². The van der Waals surface area contributed by atoms with Crippen LogP contribution in [-0.2, 0) is 9.59 Å². The van der Waals surface area contributed by atoms with Crippen LogP contribution >= 0.6 is 0 Å². The molecular formula is C20H27NO4. The Morgan fingerprint density at radius 3 is 2.60 bits per heavy atom. The highest BCUT2D eigenvalue weighted by Crippen LogP contribution is 2.42. The van der Waals surface area contributed by atoms with E-state index >= 15 is 0 Å². The topological polar surface area (TPSA) is 66.8 Å². The van der Waals surface area contributed by atoms with E-state index in [9.17, 15) is 14.7 Å². The highest BCUT2D eigenvalue weighted by Gasteiger charge is 2.43. The number of methoxy groups -OCH3 is 1. The number of hydrogen-bond acceptors (Lipinski definition) is 4. The molecule has 0 spiro atoms. The van der Waals surface area contributed by atoms with Gasteiger partial charge in [-0.05, 0) is 18.4 Å². The van der Waals surface area contributed by atoms with Gasteiger partial charge < -0.3 is 14.7 Å². The fourth-order valence-electron chi connectivity index (χ4n) is 3.19. The lowest BCUT2D eigenvalue weighted by molar-refractivity contribution is -0.129. The quantitative estimate of drug-likeness (QED) is 0.778. The van der Waals surface area contributed by atoms with Crippen LogP contribution in [0.4, 0.5) is 0 Å². The Bertz CT molecular complexity index is 678. The number of unbranched alkanes of at least 4 members (excludes halogenated alkanes) is 1. The van der Waals surface area contributed by atoms with Crippen molar-refractivity contribution in [2.24, 2.45) is 5.92 Å². The molecule has 2 rings (SSSR count). The average molecular weight is 345 g/mol. The summed E-state index contributed by atoms with van der Waals surface area (Å²) in [5.41, 5.74) is 0.921. The highest BCUT2D eigenvalue weighted by atomic mass is 16.5. The lowest BCUT2D eigenvalue weighted by Crippen LogP contribution is -2.32. The molecule has 1 heterocycles. The number of ether oxygens (including phenoxy) is 1. The maximum absolute atomic E-state index is 12.8. The second-order valence-corrected chi connectivity index (χ2v) is 6.78. The molecule has 1 aliphatic rings. The Morgan fingerprint density at radius 2 is 2.00 bits per heavy atom. The number of hydrogen-bond donors (Lipinski definition) is 1. The zero-order valence-corrected chi connectivity index (χ0v) is 15.4. The minimum Gasteiger partial charge on any atom is -0.503 e. The number of ketones is 1. The number of rotatable bonds is 8. The number of carbonyl (C=O) groups excluding carboxylic acids is 2. The van der Waals surface area contributed by atoms with Crippen molar-refractivity contribution in [3.63, 3.8) is 0 Å². The summed E-state index contributed by atoms with van der Waals surface area (Å²) in [6.07, 6.45) is 2.01. The van der Waals surface area contributed by atoms with Crippen molar-refractivity contribution < 1.29 is 19.4 Å². The largest absolute Gasteiger partial charge is 0.503 e. The van der Waals surface area contributed by atoms with E-state index in [4.69, 9.17) is 4.74 Å². The molecule has 0 saturated carbocycles. The summed E-state index contributed by atoms with van der Waals surface area (Å²) in [5, 5.41) is 10.4. The summed E-state index contributed by atoms with van der Waals surface area (Å²) < 4.78 is 5.44. The Kier molecular flexibility index (Phi) is 6.23. The number of aliphatic hydroxyl groups is 1. The van der Waals surface area contributed by atoms with Crippen molar-refractivity contribution in [3.8, 4) is 5.75 Å². The summed E-state index contributed by atoms with van der Waals surface area (Å²) in [7, 11) is 1.56. The maximum Gasteiger partial charge on any atom is 0.290 e. The maximum atomic E-state index is 12.8. The first-order chi connectivity index (χ1) is 11.9. The van der Waals surface area contributed by atoms with Crippen molar-refractivity contribution in [2.45, 2.75) is 46.1 Å². The van der Waals surface area contributed by atoms with Crippen LogP contribution in [0, 0.1) is 5.92 Å². The van der Waals surface area contributed by atoms with E-state index in [0.717, 1.165) is 18.4 Å². The van der Waals surface area contributed by atoms with Crippen LogP contribution in [0.25, 0.3) is 0 Å². The van der Waals surface area contributed by atoms with Gasteiger partial charge in [-0.15, -0.1) is 0 Å². The second kappa shape index (κ2) is 8.19. The zero-order chi connectivity index (χ0) is 18.6. The van der Waals surface area contributed by atoms with Gasteiger partial charge in [0.05, 0.1) is 18.7 Å². The van der Waals surface area contributed by atoms with Gasteiger partial charge in [0.15, 0.2) is 11.5 Å². The molecule has 0 radical (unpaired) electrons. The van der Waals surface area contributed by atoms with Crippen molar-refractivity contribution in [2.75, 3.05) is 13.7 Å². The van der Waals surface area contributed by atoms with E-state index in [1.807, 2.05) is 39.0 Å². The molecular weight excluding hydrogens is 318 g/mol. The smallest absolute Gasteiger partial charge is 0.290 e. The molecule has 136 valence electrons. The van der Waals surface area contributed by atoms with Gasteiger partial charge in [-0.3, -0.25) is 9.59 Å². The van der Waals surface area contributed by atoms with E-state index in [-0.39, 0.29) is 17.3 Å². The van der Waals surface area contributed by atoms with Crippen molar-refractivity contribution in [1.82, 2.24) is 4.90 Å². The van der Waals surface area contributed by atoms with Crippen molar-refractivity contribution in [1.29, 1.82) is 0 Å². The van der Waals surface area contributed by atoms with Gasteiger partial charge in [-0.1, -0.05) is 45.4 Å². The fourth-order valence-corrected chi connectivity index (χ4v) is 3.19. The molecule has 1 amide bonds. The molecule has 1 aromatic carbocycles. The molecule has 1 aromatic rings. The van der Waals surface area contributed by atoms with E-state index in [0.29, 0.717) is 18.7 Å². The third-order valence-corrected chi connectivity index (χ3v) is 4.38. The molecule has 5 nitrogen and oxygen atoms in total. The monoisotopic (exact) mass is 345 g/mol. The molecule has 0 bridgehead atoms. The Labute approximate surface area is 149 Å². The van der Waals surface area contributed by atoms with Gasteiger partial charge in [-0.2, -0.15) is 0 Å². The van der Waals surface area contributed by atoms with Crippen LogP contribution in [-0.4, -0.2) is 35.4 Å². The molecule has 0 fully saturated rings. The molecule has 1 atom stereocenters. The predicted octanol–water partition coefficient (Wildman–Crippen LogP) is 3.81. The highest BCUT2D eigenvalue weighted by molar-refractivity contribution is 6.09. The number of amides is 1. The van der Waals surface area contributed by atoms with Gasteiger partial charge in [0, 0.05) is 18.5 Å². The van der Waals surface area contributed by atoms with Gasteiger partial charge in [-0.25, -0.2) is 0 Å². The van der Waals surface area contributed by atoms with Gasteiger partial charge >= 0.3 is 0 Å². The SMILES string of the molecule is CCCCN1C(=O)C(O)=C(C(=O)CC(C)C)C1c1ccccc1OC. The fraction of sp³-hybridized carbons (Fsp3) is 0.500. The first-order valence-electron chi connectivity index (χ1n) is 8.82. The Hall–Kier alpha value is -2.30. The standard InChI is InChI=1S/C20H27NO4/c1-5-6-11-21-18(14-9-7-8-10-16(14)25-4)17(19(23)20(21)24)15(22)12-13(2)3/h7-10,13,18,23H,5-6,11-12H2,1-4H3. The minimum atomic E-state index is -0.596. The molecule has 0 aromatic heterocycles. The van der Waals surface area contributed by atoms with Gasteiger partial charge in [0.25, 0.3) is 5.91 Å². The zero-order valence-electron chi connectivity index (χ0n) is 15.4. The summed E-state index contributed by atoms with van der Waals surface area (Å²) in [4.78, 5) is 27.0. The summed E-state index contributed by atoms with van der Waals surface area (Å²) in [6, 6.07) is 6.74. The summed E-state index contributed by atoms with van der Waals surface area (Å²) >= 11 is 0. The van der Waals surface area contributed by atoms with Crippen LogP contribution in [0.5, 0.6) is 5.75 Å². The lowest BCUT2D eigenvalue weighted by atomic mass is 9.91. The minimum absolute atomic E-state index is 0.144. The second-order valence-electron chi connectivity index (χ2n) is 6.78. The summed E-state index contributed by atoms with van der Waals surface area (Å²) in [6.45, 7) is 6.41. The van der Waals surface area contributed by atoms with Gasteiger partial charge in [0.1, 0.15) is 5.75 Å². The van der Waals surface area contributed by atoms with Crippen LogP contribution in [0.2, 0.25) is 0 Å². The molecule has 0 aliphatic carbocycles. The molecule has 1 N–H and O–H groups in total. The van der Waals surface area contributed by atoms with Crippen LogP contribution in [0.1, 0.15) is 51.6 Å². The van der Waals surface area contributed by atoms with E-state index < -0.39 is 17.7 Å². The third kappa shape index (κ3) is 3.86. The third-order valence-electron chi connectivity index (χ3n) is 4.38. The van der Waals surface area contributed by atoms with E-state index in [1.165, 1.54) is 0 Å². The number of nitrogens with zero attached hydrogens (tertiary/aromatic N) is 1. The molecule has 1 aliphatic heterocycles. The van der Waals surface area contributed by atoms with Crippen LogP contribution in [0.3, 0.4) is 0 Å². The number of benzene rings is 1. The van der Waals surface area contributed by atoms with Crippen molar-refractivity contribution in [3.05, 3.63) is 41.2 Å². The predicted molar refractivity (Wildman–Crippen MR) is 96.5 cm³/mol. The Morgan fingerprint density at radius 1 is 1.32 bits per heavy atom. The number of aliphatic hydroxyl groups excluding tert-OH is 1. The van der Waals surface area contributed by atoms with E-state index in [1.54, 1.807) is 18.1 Å². The first kappa shape index (κ1) is 19.0. The van der Waals surface area contributed by atoms with Crippen LogP contribution < -0.4 is 4.74 Å². The molecule has 1 unspecified atom stereocenters. The molecule has 25 heavy (non-hydrogen) atoms. The number of Topliss-reactive ketones (excluding diaryl/α,β-unsaturated/α-hetero) is 1. The number of carbonyl (C=O) groups is 2. The lowest BCUT2D eigenvalue weighted by Gasteiger charge is -2.28. The molecule has 5 heteroatoms. The van der Waals surface area contributed by atoms with E-state index in [2.05, 4.69) is 0 Å².